The first-order chi connectivity index (χ1) is 16.7. The lowest BCUT2D eigenvalue weighted by molar-refractivity contribution is -0.384. The van der Waals surface area contributed by atoms with Crippen molar-refractivity contribution >= 4 is 38.6 Å². The van der Waals surface area contributed by atoms with E-state index in [9.17, 15) is 28.1 Å². The molecular formula is C23H23N5O6S. The van der Waals surface area contributed by atoms with Crippen LogP contribution in [0.5, 0.6) is 0 Å². The predicted octanol–water partition coefficient (Wildman–Crippen LogP) is 2.94. The summed E-state index contributed by atoms with van der Waals surface area (Å²) >= 11 is 0. The number of imidazole rings is 1. The molecule has 3 heterocycles. The first-order valence-corrected chi connectivity index (χ1v) is 12.8. The van der Waals surface area contributed by atoms with E-state index in [-0.39, 0.29) is 28.3 Å². The van der Waals surface area contributed by atoms with Crippen molar-refractivity contribution in [2.45, 2.75) is 44.2 Å². The molecule has 0 aliphatic carbocycles. The van der Waals surface area contributed by atoms with Gasteiger partial charge in [0.25, 0.3) is 17.5 Å². The fourth-order valence-corrected chi connectivity index (χ4v) is 6.26. The summed E-state index contributed by atoms with van der Waals surface area (Å²) in [6.07, 6.45) is 2.68. The molecular weight excluding hydrogens is 474 g/mol. The number of nitro benzene ring substituents is 1. The molecule has 35 heavy (non-hydrogen) atoms. The van der Waals surface area contributed by atoms with E-state index in [1.165, 1.54) is 22.5 Å². The Bertz CT molecular complexity index is 1490. The summed E-state index contributed by atoms with van der Waals surface area (Å²) in [5, 5.41) is 11.1. The third-order valence-electron chi connectivity index (χ3n) is 6.53. The number of hydrogen-bond acceptors (Lipinski definition) is 7. The van der Waals surface area contributed by atoms with Gasteiger partial charge in [-0.15, -0.1) is 0 Å². The minimum absolute atomic E-state index is 0.0155. The molecule has 0 N–H and O–H groups in total. The van der Waals surface area contributed by atoms with Gasteiger partial charge in [-0.2, -0.15) is 4.31 Å². The Balaban J connectivity index is 1.48. The molecule has 2 aromatic carbocycles. The van der Waals surface area contributed by atoms with Crippen molar-refractivity contribution in [1.82, 2.24) is 18.8 Å². The summed E-state index contributed by atoms with van der Waals surface area (Å²) in [6, 6.07) is 8.37. The van der Waals surface area contributed by atoms with Crippen LogP contribution in [0.4, 0.5) is 5.69 Å². The third-order valence-corrected chi connectivity index (χ3v) is 8.43. The number of amides is 2. The molecule has 1 fully saturated rings. The third kappa shape index (κ3) is 3.78. The summed E-state index contributed by atoms with van der Waals surface area (Å²) in [5.74, 6) is -0.765. The first-order valence-electron chi connectivity index (χ1n) is 11.4. The molecule has 1 aromatic heterocycles. The van der Waals surface area contributed by atoms with Crippen LogP contribution in [0.1, 0.15) is 52.7 Å². The van der Waals surface area contributed by atoms with Crippen molar-refractivity contribution in [3.8, 4) is 0 Å². The second kappa shape index (κ2) is 8.54. The van der Waals surface area contributed by atoms with E-state index in [0.717, 1.165) is 30.2 Å². The predicted molar refractivity (Wildman–Crippen MR) is 125 cm³/mol. The van der Waals surface area contributed by atoms with Gasteiger partial charge in [0.15, 0.2) is 0 Å². The Morgan fingerprint density at radius 3 is 2.40 bits per heavy atom. The number of fused-ring (bicyclic) bond motifs is 2. The number of aryl methyl sites for hydroxylation is 1. The molecule has 0 unspecified atom stereocenters. The lowest BCUT2D eigenvalue weighted by atomic mass is 10.1. The normalized spacial score (nSPS) is 16.8. The molecule has 0 bridgehead atoms. The largest absolute Gasteiger partial charge is 0.327 e. The van der Waals surface area contributed by atoms with Crippen molar-refractivity contribution in [2.24, 2.45) is 0 Å². The summed E-state index contributed by atoms with van der Waals surface area (Å²) in [7, 11) is -3.64. The summed E-state index contributed by atoms with van der Waals surface area (Å²) < 4.78 is 29.5. The highest BCUT2D eigenvalue weighted by atomic mass is 32.2. The van der Waals surface area contributed by atoms with Crippen LogP contribution in [0.2, 0.25) is 0 Å². The highest BCUT2D eigenvalue weighted by Crippen LogP contribution is 2.30. The number of sulfonamides is 1. The molecule has 182 valence electrons. The van der Waals surface area contributed by atoms with E-state index < -0.39 is 26.8 Å². The molecule has 3 aromatic rings. The fourth-order valence-electron chi connectivity index (χ4n) is 4.73. The standard InChI is InChI=1S/C23H23N5O6S/c1-2-26-20-9-7-16(35(33,34)25-10-4-3-5-11-25)13-19(20)24-21(26)14-27-22(29)17-8-6-15(28(31)32)12-18(17)23(27)30/h6-9,12-13H,2-5,10-11,14H2,1H3. The lowest BCUT2D eigenvalue weighted by Crippen LogP contribution is -2.35. The molecule has 2 amide bonds. The maximum absolute atomic E-state index is 13.1. The maximum atomic E-state index is 13.1. The average Bonchev–Trinajstić information content (AvgIpc) is 3.33. The van der Waals surface area contributed by atoms with Gasteiger partial charge in [-0.25, -0.2) is 13.4 Å². The second-order valence-electron chi connectivity index (χ2n) is 8.57. The molecule has 11 nitrogen and oxygen atoms in total. The number of rotatable bonds is 6. The van der Waals surface area contributed by atoms with Gasteiger partial charge in [0.2, 0.25) is 10.0 Å². The average molecular weight is 498 g/mol. The smallest absolute Gasteiger partial charge is 0.270 e. The number of carbonyl (C=O) groups is 2. The van der Waals surface area contributed by atoms with Crippen molar-refractivity contribution in [3.63, 3.8) is 0 Å². The van der Waals surface area contributed by atoms with Gasteiger partial charge >= 0.3 is 0 Å². The van der Waals surface area contributed by atoms with E-state index in [0.29, 0.717) is 36.5 Å². The number of nitrogens with zero attached hydrogens (tertiary/aromatic N) is 5. The van der Waals surface area contributed by atoms with Crippen LogP contribution in [0, 0.1) is 10.1 Å². The van der Waals surface area contributed by atoms with Gasteiger partial charge in [0.05, 0.1) is 38.5 Å². The summed E-state index contributed by atoms with van der Waals surface area (Å²) in [4.78, 5) is 42.0. The molecule has 2 aliphatic heterocycles. The van der Waals surface area contributed by atoms with Crippen molar-refractivity contribution in [2.75, 3.05) is 13.1 Å². The minimum Gasteiger partial charge on any atom is -0.327 e. The molecule has 0 spiro atoms. The number of hydrogen-bond donors (Lipinski definition) is 0. The van der Waals surface area contributed by atoms with Gasteiger partial charge in [-0.05, 0) is 44.0 Å². The number of imide groups is 1. The Morgan fingerprint density at radius 1 is 1.00 bits per heavy atom. The Morgan fingerprint density at radius 2 is 1.71 bits per heavy atom. The molecule has 0 radical (unpaired) electrons. The lowest BCUT2D eigenvalue weighted by Gasteiger charge is -2.25. The number of non-ortho nitro benzene ring substituents is 1. The molecule has 1 saturated heterocycles. The van der Waals surface area contributed by atoms with Crippen LogP contribution in [0.15, 0.2) is 41.3 Å². The molecule has 5 rings (SSSR count). The van der Waals surface area contributed by atoms with E-state index >= 15 is 0 Å². The number of aromatic nitrogens is 2. The molecule has 2 aliphatic rings. The maximum Gasteiger partial charge on any atom is 0.270 e. The second-order valence-corrected chi connectivity index (χ2v) is 10.5. The van der Waals surface area contributed by atoms with Crippen LogP contribution < -0.4 is 0 Å². The monoisotopic (exact) mass is 497 g/mol. The van der Waals surface area contributed by atoms with Gasteiger partial charge in [0, 0.05) is 31.8 Å². The highest BCUT2D eigenvalue weighted by molar-refractivity contribution is 7.89. The summed E-state index contributed by atoms with van der Waals surface area (Å²) in [5.41, 5.74) is 0.961. The number of benzene rings is 2. The van der Waals surface area contributed by atoms with E-state index in [1.807, 2.05) is 11.5 Å². The quantitative estimate of drug-likeness (QED) is 0.290. The van der Waals surface area contributed by atoms with Gasteiger partial charge in [0.1, 0.15) is 5.82 Å². The summed E-state index contributed by atoms with van der Waals surface area (Å²) in [6.45, 7) is 3.21. The van der Waals surface area contributed by atoms with Gasteiger partial charge < -0.3 is 4.57 Å². The van der Waals surface area contributed by atoms with E-state index in [2.05, 4.69) is 4.98 Å². The Kier molecular flexibility index (Phi) is 5.64. The van der Waals surface area contributed by atoms with Crippen molar-refractivity contribution in [1.29, 1.82) is 0 Å². The first kappa shape index (κ1) is 23.1. The molecule has 0 saturated carbocycles. The number of carbonyl (C=O) groups excluding carboxylic acids is 2. The molecule has 12 heteroatoms. The van der Waals surface area contributed by atoms with Gasteiger partial charge in [-0.1, -0.05) is 6.42 Å². The zero-order chi connectivity index (χ0) is 24.9. The zero-order valence-corrected chi connectivity index (χ0v) is 19.8. The van der Waals surface area contributed by atoms with Gasteiger partial charge in [-0.3, -0.25) is 24.6 Å². The van der Waals surface area contributed by atoms with Crippen LogP contribution in [-0.2, 0) is 23.1 Å². The zero-order valence-electron chi connectivity index (χ0n) is 19.0. The minimum atomic E-state index is -3.64. The van der Waals surface area contributed by atoms with Crippen molar-refractivity contribution in [3.05, 3.63) is 63.5 Å². The van der Waals surface area contributed by atoms with Crippen LogP contribution in [0.3, 0.4) is 0 Å². The fraction of sp³-hybridized carbons (Fsp3) is 0.348. The van der Waals surface area contributed by atoms with E-state index in [4.69, 9.17) is 0 Å². The Labute approximate surface area is 201 Å². The van der Waals surface area contributed by atoms with E-state index in [1.54, 1.807) is 12.1 Å². The highest BCUT2D eigenvalue weighted by Gasteiger charge is 2.37. The van der Waals surface area contributed by atoms with Crippen LogP contribution in [0.25, 0.3) is 11.0 Å². The Hall–Kier alpha value is -3.64. The topological polar surface area (TPSA) is 136 Å². The van der Waals surface area contributed by atoms with Crippen molar-refractivity contribution < 1.29 is 22.9 Å². The number of piperidine rings is 1. The van der Waals surface area contributed by atoms with Crippen LogP contribution in [-0.4, -0.2) is 57.0 Å². The molecule has 0 atom stereocenters. The number of nitro groups is 1. The van der Waals surface area contributed by atoms with Crippen LogP contribution >= 0.6 is 0 Å². The SMILES string of the molecule is CCn1c(CN2C(=O)c3ccc([N+](=O)[O-])cc3C2=O)nc2cc(S(=O)(=O)N3CCCCC3)ccc21.